The van der Waals surface area contributed by atoms with Crippen molar-refractivity contribution in [1.82, 2.24) is 0 Å². The maximum absolute atomic E-state index is 13.0. The molecular formula is C17H15ClF3NO2. The molecule has 1 aromatic carbocycles. The molecule has 0 radical (unpaired) electrons. The van der Waals surface area contributed by atoms with Crippen LogP contribution in [-0.4, -0.2) is 11.8 Å². The van der Waals surface area contributed by atoms with Crippen molar-refractivity contribution >= 4 is 29.1 Å². The molecular weight excluding hydrogens is 343 g/mol. The highest BCUT2D eigenvalue weighted by atomic mass is 35.5. The highest BCUT2D eigenvalue weighted by Gasteiger charge is 2.50. The molecule has 0 spiro atoms. The quantitative estimate of drug-likeness (QED) is 0.544. The fraction of sp³-hybridized carbons (Fsp3) is 0.412. The number of allylic oxidation sites excluding steroid dienone is 2. The molecule has 1 aliphatic carbocycles. The van der Waals surface area contributed by atoms with Crippen LogP contribution in [0.2, 0.25) is 5.02 Å². The number of anilines is 1. The molecule has 1 fully saturated rings. The van der Waals surface area contributed by atoms with E-state index in [1.807, 2.05) is 13.8 Å². The van der Waals surface area contributed by atoms with Crippen molar-refractivity contribution in [3.63, 3.8) is 0 Å². The number of imide groups is 1. The van der Waals surface area contributed by atoms with Crippen LogP contribution in [-0.2, 0) is 15.8 Å². The predicted octanol–water partition coefficient (Wildman–Crippen LogP) is 4.59. The number of halogens is 4. The third kappa shape index (κ3) is 2.62. The number of hydrogen-bond donors (Lipinski definition) is 0. The van der Waals surface area contributed by atoms with Crippen LogP contribution in [0.25, 0.3) is 0 Å². The molecule has 0 unspecified atom stereocenters. The smallest absolute Gasteiger partial charge is 0.274 e. The molecule has 1 aliphatic heterocycles. The number of fused-ring (bicyclic) bond motifs is 1. The summed E-state index contributed by atoms with van der Waals surface area (Å²) in [5.74, 6) is -1.86. The number of benzene rings is 1. The molecule has 2 amide bonds. The first-order chi connectivity index (χ1) is 11.1. The van der Waals surface area contributed by atoms with Gasteiger partial charge in [0, 0.05) is 0 Å². The summed E-state index contributed by atoms with van der Waals surface area (Å²) in [4.78, 5) is 26.1. The fourth-order valence-electron chi connectivity index (χ4n) is 3.38. The molecule has 128 valence electrons. The van der Waals surface area contributed by atoms with Gasteiger partial charge in [-0.05, 0) is 44.9 Å². The van der Waals surface area contributed by atoms with Crippen LogP contribution < -0.4 is 4.90 Å². The summed E-state index contributed by atoms with van der Waals surface area (Å²) in [6.45, 7) is 3.83. The van der Waals surface area contributed by atoms with Gasteiger partial charge in [-0.25, -0.2) is 0 Å². The maximum atomic E-state index is 13.0. The Morgan fingerprint density at radius 2 is 1.54 bits per heavy atom. The van der Waals surface area contributed by atoms with E-state index in [2.05, 4.69) is 0 Å². The zero-order valence-electron chi connectivity index (χ0n) is 13.1. The first-order valence-electron chi connectivity index (χ1n) is 7.51. The summed E-state index contributed by atoms with van der Waals surface area (Å²) in [5.41, 5.74) is 0.992. The van der Waals surface area contributed by atoms with Gasteiger partial charge in [-0.3, -0.25) is 14.5 Å². The van der Waals surface area contributed by atoms with Crippen molar-refractivity contribution in [3.8, 4) is 0 Å². The molecule has 0 bridgehead atoms. The van der Waals surface area contributed by atoms with E-state index in [0.717, 1.165) is 28.2 Å². The monoisotopic (exact) mass is 357 g/mol. The van der Waals surface area contributed by atoms with Crippen LogP contribution in [0, 0.1) is 11.8 Å². The van der Waals surface area contributed by atoms with Gasteiger partial charge in [-0.1, -0.05) is 22.7 Å². The molecule has 2 aliphatic rings. The zero-order chi connectivity index (χ0) is 17.8. The Hall–Kier alpha value is -1.82. The van der Waals surface area contributed by atoms with Crippen LogP contribution in [0.1, 0.15) is 32.3 Å². The molecule has 3 nitrogen and oxygen atoms in total. The van der Waals surface area contributed by atoms with Gasteiger partial charge in [0.25, 0.3) is 0 Å². The summed E-state index contributed by atoms with van der Waals surface area (Å²) in [5, 5.41) is -0.462. The number of carbonyl (C=O) groups excluding carboxylic acids is 2. The van der Waals surface area contributed by atoms with Crippen LogP contribution in [0.3, 0.4) is 0 Å². The molecule has 0 aromatic heterocycles. The molecule has 1 aromatic rings. The van der Waals surface area contributed by atoms with E-state index in [9.17, 15) is 22.8 Å². The van der Waals surface area contributed by atoms with Crippen molar-refractivity contribution in [2.45, 2.75) is 32.9 Å². The normalized spacial score (nSPS) is 24.7. The second kappa shape index (κ2) is 5.62. The molecule has 24 heavy (non-hydrogen) atoms. The highest BCUT2D eigenvalue weighted by Crippen LogP contribution is 2.44. The Balaban J connectivity index is 2.00. The zero-order valence-corrected chi connectivity index (χ0v) is 13.8. The summed E-state index contributed by atoms with van der Waals surface area (Å²) in [7, 11) is 0. The standard InChI is InChI=1S/C17H15ClF3NO2/c1-8-5-11-12(6-9(8)2)16(24)22(15(11)23)10-3-4-14(18)13(7-10)17(19,20)21/h3-4,7,11-12H,5-6H2,1-2H3/t11-,12+. The summed E-state index contributed by atoms with van der Waals surface area (Å²) >= 11 is 5.61. The van der Waals surface area contributed by atoms with Crippen molar-refractivity contribution in [3.05, 3.63) is 39.9 Å². The van der Waals surface area contributed by atoms with Gasteiger partial charge in [0.15, 0.2) is 0 Å². The van der Waals surface area contributed by atoms with E-state index in [4.69, 9.17) is 11.6 Å². The first kappa shape index (κ1) is 17.0. The van der Waals surface area contributed by atoms with E-state index in [1.165, 1.54) is 6.07 Å². The van der Waals surface area contributed by atoms with Crippen LogP contribution in [0.4, 0.5) is 18.9 Å². The maximum Gasteiger partial charge on any atom is 0.417 e. The van der Waals surface area contributed by atoms with E-state index in [0.29, 0.717) is 12.8 Å². The Bertz CT molecular complexity index is 738. The van der Waals surface area contributed by atoms with Gasteiger partial charge in [-0.15, -0.1) is 0 Å². The van der Waals surface area contributed by atoms with E-state index in [-0.39, 0.29) is 5.69 Å². The van der Waals surface area contributed by atoms with Crippen LogP contribution >= 0.6 is 11.6 Å². The lowest BCUT2D eigenvalue weighted by Gasteiger charge is -2.23. The van der Waals surface area contributed by atoms with Gasteiger partial charge in [-0.2, -0.15) is 13.2 Å². The van der Waals surface area contributed by atoms with E-state index < -0.39 is 40.4 Å². The highest BCUT2D eigenvalue weighted by molar-refractivity contribution is 6.31. The Labute approximate surface area is 142 Å². The Kier molecular flexibility index (Phi) is 3.98. The minimum absolute atomic E-state index is 0.0774. The number of carbonyl (C=O) groups is 2. The number of nitrogens with zero attached hydrogens (tertiary/aromatic N) is 1. The number of rotatable bonds is 1. The average molecular weight is 358 g/mol. The molecule has 0 saturated carbocycles. The number of alkyl halides is 3. The molecule has 0 N–H and O–H groups in total. The van der Waals surface area contributed by atoms with Crippen molar-refractivity contribution < 1.29 is 22.8 Å². The second-order valence-electron chi connectivity index (χ2n) is 6.36. The predicted molar refractivity (Wildman–Crippen MR) is 83.5 cm³/mol. The average Bonchev–Trinajstić information content (AvgIpc) is 2.71. The van der Waals surface area contributed by atoms with Crippen molar-refractivity contribution in [1.29, 1.82) is 0 Å². The van der Waals surface area contributed by atoms with Crippen LogP contribution in [0.5, 0.6) is 0 Å². The minimum Gasteiger partial charge on any atom is -0.274 e. The van der Waals surface area contributed by atoms with Crippen molar-refractivity contribution in [2.75, 3.05) is 4.90 Å². The number of amides is 2. The minimum atomic E-state index is -4.65. The second-order valence-corrected chi connectivity index (χ2v) is 6.76. The Morgan fingerprint density at radius 1 is 1.04 bits per heavy atom. The van der Waals surface area contributed by atoms with E-state index in [1.54, 1.807) is 0 Å². The molecule has 7 heteroatoms. The summed E-state index contributed by atoms with van der Waals surface area (Å²) < 4.78 is 39.1. The lowest BCUT2D eigenvalue weighted by Crippen LogP contribution is -2.31. The van der Waals surface area contributed by atoms with Crippen molar-refractivity contribution in [2.24, 2.45) is 11.8 Å². The molecule has 3 rings (SSSR count). The fourth-order valence-corrected chi connectivity index (χ4v) is 3.60. The topological polar surface area (TPSA) is 37.4 Å². The van der Waals surface area contributed by atoms with Crippen LogP contribution in [0.15, 0.2) is 29.3 Å². The van der Waals surface area contributed by atoms with Gasteiger partial charge < -0.3 is 0 Å². The SMILES string of the molecule is CC1=C(C)C[C@H]2C(=O)N(c3ccc(Cl)c(C(F)(F)F)c3)C(=O)[C@H]2C1. The lowest BCUT2D eigenvalue weighted by atomic mass is 9.78. The van der Waals surface area contributed by atoms with Gasteiger partial charge in [0.1, 0.15) is 0 Å². The summed E-state index contributed by atoms with van der Waals surface area (Å²) in [6.07, 6.45) is -3.71. The van der Waals surface area contributed by atoms with E-state index >= 15 is 0 Å². The van der Waals surface area contributed by atoms with Gasteiger partial charge in [0.05, 0.1) is 28.1 Å². The van der Waals surface area contributed by atoms with Gasteiger partial charge in [0.2, 0.25) is 11.8 Å². The third-order valence-corrected chi connectivity index (χ3v) is 5.18. The molecule has 1 heterocycles. The third-order valence-electron chi connectivity index (χ3n) is 4.86. The van der Waals surface area contributed by atoms with Gasteiger partial charge >= 0.3 is 6.18 Å². The number of hydrogen-bond acceptors (Lipinski definition) is 2. The lowest BCUT2D eigenvalue weighted by molar-refractivity contribution is -0.137. The first-order valence-corrected chi connectivity index (χ1v) is 7.89. The summed E-state index contributed by atoms with van der Waals surface area (Å²) in [6, 6.07) is 3.11. The molecule has 2 atom stereocenters. The largest absolute Gasteiger partial charge is 0.417 e. The molecule has 1 saturated heterocycles. The Morgan fingerprint density at radius 3 is 2.00 bits per heavy atom.